The predicted octanol–water partition coefficient (Wildman–Crippen LogP) is 3.37. The number of carbonyl (C=O) groups excluding carboxylic acids is 2. The minimum atomic E-state index is -0.466. The Balaban J connectivity index is 1.49. The van der Waals surface area contributed by atoms with Gasteiger partial charge in [0.2, 0.25) is 11.8 Å². The number of benzene rings is 2. The molecule has 7 nitrogen and oxygen atoms in total. The number of hydrogen-bond acceptors (Lipinski definition) is 5. The van der Waals surface area contributed by atoms with Crippen molar-refractivity contribution < 1.29 is 9.59 Å². The fourth-order valence-electron chi connectivity index (χ4n) is 5.69. The Morgan fingerprint density at radius 3 is 2.38 bits per heavy atom. The third kappa shape index (κ3) is 7.41. The number of nitriles is 1. The zero-order valence-corrected chi connectivity index (χ0v) is 21.8. The molecule has 2 aliphatic rings. The predicted molar refractivity (Wildman–Crippen MR) is 144 cm³/mol. The molecule has 1 aliphatic heterocycles. The number of likely N-dealkylation sites (tertiary alicyclic amines) is 1. The Bertz CT molecular complexity index is 1070. The van der Waals surface area contributed by atoms with E-state index in [2.05, 4.69) is 40.6 Å². The van der Waals surface area contributed by atoms with E-state index >= 15 is 0 Å². The van der Waals surface area contributed by atoms with E-state index in [1.165, 1.54) is 5.56 Å². The van der Waals surface area contributed by atoms with Crippen LogP contribution in [0.4, 0.5) is 0 Å². The molecule has 2 fully saturated rings. The highest BCUT2D eigenvalue weighted by atomic mass is 16.2. The van der Waals surface area contributed by atoms with Gasteiger partial charge in [0.15, 0.2) is 0 Å². The number of nitrogens with two attached hydrogens (primary N) is 1. The minimum Gasteiger partial charge on any atom is -0.352 e. The van der Waals surface area contributed by atoms with Crippen LogP contribution in [-0.2, 0) is 22.6 Å². The van der Waals surface area contributed by atoms with Gasteiger partial charge in [0.25, 0.3) is 0 Å². The van der Waals surface area contributed by atoms with Crippen molar-refractivity contribution in [2.24, 2.45) is 5.73 Å². The molecule has 2 aromatic rings. The molecule has 1 heterocycles. The number of hydrogen-bond donors (Lipinski definition) is 2. The lowest BCUT2D eigenvalue weighted by Crippen LogP contribution is -2.58. The van der Waals surface area contributed by atoms with Crippen molar-refractivity contribution in [3.63, 3.8) is 0 Å². The number of nitrogens with one attached hydrogen (secondary N) is 1. The molecule has 196 valence electrons. The molecule has 37 heavy (non-hydrogen) atoms. The Morgan fingerprint density at radius 2 is 1.73 bits per heavy atom. The van der Waals surface area contributed by atoms with Crippen LogP contribution in [0.3, 0.4) is 0 Å². The van der Waals surface area contributed by atoms with E-state index < -0.39 is 6.04 Å². The Labute approximate surface area is 220 Å². The zero-order valence-electron chi connectivity index (χ0n) is 21.8. The Morgan fingerprint density at radius 1 is 1.03 bits per heavy atom. The second-order valence-electron chi connectivity index (χ2n) is 10.5. The average Bonchev–Trinajstić information content (AvgIpc) is 2.92. The molecule has 0 radical (unpaired) electrons. The molecule has 2 atom stereocenters. The molecule has 7 heteroatoms. The van der Waals surface area contributed by atoms with Crippen LogP contribution in [-0.4, -0.2) is 58.9 Å². The van der Waals surface area contributed by atoms with Crippen molar-refractivity contribution in [1.82, 2.24) is 15.1 Å². The molecule has 0 spiro atoms. The molecule has 3 N–H and O–H groups in total. The number of rotatable bonds is 8. The first-order chi connectivity index (χ1) is 17.9. The molecule has 1 aliphatic carbocycles. The molecule has 2 amide bonds. The smallest absolute Gasteiger partial charge is 0.243 e. The summed E-state index contributed by atoms with van der Waals surface area (Å²) in [4.78, 5) is 30.1. The summed E-state index contributed by atoms with van der Waals surface area (Å²) in [6.45, 7) is 3.72. The quantitative estimate of drug-likeness (QED) is 0.577. The molecule has 2 aromatic carbocycles. The van der Waals surface area contributed by atoms with Crippen LogP contribution in [0, 0.1) is 11.3 Å². The zero-order chi connectivity index (χ0) is 26.2. The fraction of sp³-hybridized carbons (Fsp3) is 0.500. The maximum atomic E-state index is 13.5. The molecule has 1 unspecified atom stereocenters. The fourth-order valence-corrected chi connectivity index (χ4v) is 5.69. The number of nitrogens with zero attached hydrogens (tertiary/aromatic N) is 3. The van der Waals surface area contributed by atoms with Crippen LogP contribution < -0.4 is 11.1 Å². The first-order valence-corrected chi connectivity index (χ1v) is 13.5. The van der Waals surface area contributed by atoms with Crippen LogP contribution in [0.2, 0.25) is 0 Å². The van der Waals surface area contributed by atoms with E-state index in [-0.39, 0.29) is 29.9 Å². The Kier molecular flexibility index (Phi) is 9.32. The van der Waals surface area contributed by atoms with Crippen molar-refractivity contribution in [1.29, 1.82) is 5.26 Å². The van der Waals surface area contributed by atoms with Gasteiger partial charge in [0.1, 0.15) is 6.04 Å². The third-order valence-corrected chi connectivity index (χ3v) is 7.92. The lowest BCUT2D eigenvalue weighted by molar-refractivity contribution is -0.142. The number of carbonyl (C=O) groups is 2. The number of amides is 2. The topological polar surface area (TPSA) is 102 Å². The van der Waals surface area contributed by atoms with Crippen LogP contribution in [0.25, 0.3) is 0 Å². The van der Waals surface area contributed by atoms with Crippen LogP contribution in [0.15, 0.2) is 54.6 Å². The van der Waals surface area contributed by atoms with E-state index in [0.29, 0.717) is 18.5 Å². The van der Waals surface area contributed by atoms with Gasteiger partial charge in [-0.2, -0.15) is 5.26 Å². The van der Waals surface area contributed by atoms with E-state index in [1.54, 1.807) is 11.8 Å². The van der Waals surface area contributed by atoms with E-state index in [1.807, 2.05) is 30.3 Å². The summed E-state index contributed by atoms with van der Waals surface area (Å²) >= 11 is 0. The summed E-state index contributed by atoms with van der Waals surface area (Å²) in [5.41, 5.74) is 9.11. The first-order valence-electron chi connectivity index (χ1n) is 13.5. The van der Waals surface area contributed by atoms with Crippen molar-refractivity contribution in [2.75, 3.05) is 13.1 Å². The minimum absolute atomic E-state index is 0.0400. The normalized spacial score (nSPS) is 23.9. The van der Waals surface area contributed by atoms with Gasteiger partial charge in [-0.25, -0.2) is 0 Å². The second kappa shape index (κ2) is 12.8. The van der Waals surface area contributed by atoms with Crippen LogP contribution in [0.1, 0.15) is 62.1 Å². The van der Waals surface area contributed by atoms with E-state index in [0.717, 1.165) is 57.2 Å². The highest BCUT2D eigenvalue weighted by Crippen LogP contribution is 2.26. The summed E-state index contributed by atoms with van der Waals surface area (Å²) in [6, 6.07) is 20.4. The van der Waals surface area contributed by atoms with Gasteiger partial charge in [-0.3, -0.25) is 14.5 Å². The average molecular weight is 502 g/mol. The summed E-state index contributed by atoms with van der Waals surface area (Å²) in [5.74, 6) is -0.0889. The monoisotopic (exact) mass is 501 g/mol. The van der Waals surface area contributed by atoms with Gasteiger partial charge in [-0.1, -0.05) is 42.5 Å². The van der Waals surface area contributed by atoms with Crippen molar-refractivity contribution in [2.45, 2.75) is 82.6 Å². The third-order valence-electron chi connectivity index (χ3n) is 7.92. The lowest BCUT2D eigenvalue weighted by atomic mass is 9.90. The largest absolute Gasteiger partial charge is 0.352 e. The van der Waals surface area contributed by atoms with Gasteiger partial charge in [0, 0.05) is 44.7 Å². The second-order valence-corrected chi connectivity index (χ2v) is 10.5. The van der Waals surface area contributed by atoms with E-state index in [9.17, 15) is 9.59 Å². The molecule has 1 saturated carbocycles. The van der Waals surface area contributed by atoms with Gasteiger partial charge >= 0.3 is 0 Å². The van der Waals surface area contributed by atoms with Crippen LogP contribution in [0.5, 0.6) is 0 Å². The molecule has 0 bridgehead atoms. The molecular weight excluding hydrogens is 462 g/mol. The summed E-state index contributed by atoms with van der Waals surface area (Å²) in [5, 5.41) is 12.4. The molecule has 4 rings (SSSR count). The number of piperidine rings is 1. The summed E-state index contributed by atoms with van der Waals surface area (Å²) < 4.78 is 0. The SMILES string of the molecule is CC(=O)N1CCC(N(CCc2ccccc2)Cc2ccc(C#N)cc2)C[C@@H]1C(=O)NC1CCC(N)CC1. The van der Waals surface area contributed by atoms with Gasteiger partial charge < -0.3 is 16.0 Å². The van der Waals surface area contributed by atoms with Gasteiger partial charge in [0.05, 0.1) is 11.6 Å². The van der Waals surface area contributed by atoms with Crippen molar-refractivity contribution in [3.8, 4) is 6.07 Å². The maximum Gasteiger partial charge on any atom is 0.243 e. The molecule has 1 saturated heterocycles. The van der Waals surface area contributed by atoms with Gasteiger partial charge in [-0.05, 0) is 68.2 Å². The summed E-state index contributed by atoms with van der Waals surface area (Å²) in [6.07, 6.45) is 5.98. The molecular formula is C30H39N5O2. The highest BCUT2D eigenvalue weighted by Gasteiger charge is 2.38. The van der Waals surface area contributed by atoms with Crippen LogP contribution >= 0.6 is 0 Å². The first kappa shape index (κ1) is 26.8. The van der Waals surface area contributed by atoms with E-state index in [4.69, 9.17) is 11.0 Å². The highest BCUT2D eigenvalue weighted by molar-refractivity contribution is 5.87. The standard InChI is InChI=1S/C30H39N5O2/c1-22(36)35-18-16-28(19-29(35)30(37)33-27-13-11-26(32)12-14-27)34(17-15-23-5-3-2-4-6-23)21-25-9-7-24(20-31)8-10-25/h2-10,26-29H,11-19,21,32H2,1H3,(H,33,37)/t26?,27?,28?,29-/m1/s1. The molecule has 0 aromatic heterocycles. The lowest BCUT2D eigenvalue weighted by Gasteiger charge is -2.43. The van der Waals surface area contributed by atoms with Crippen molar-refractivity contribution >= 4 is 11.8 Å². The Hall–Kier alpha value is -3.21. The summed E-state index contributed by atoms with van der Waals surface area (Å²) in [7, 11) is 0. The van der Waals surface area contributed by atoms with Gasteiger partial charge in [-0.15, -0.1) is 0 Å². The van der Waals surface area contributed by atoms with Crippen molar-refractivity contribution in [3.05, 3.63) is 71.3 Å². The maximum absolute atomic E-state index is 13.5.